The van der Waals surface area contributed by atoms with E-state index in [0.717, 1.165) is 35.0 Å². The van der Waals surface area contributed by atoms with E-state index in [1.807, 2.05) is 25.2 Å². The van der Waals surface area contributed by atoms with Gasteiger partial charge in [-0.05, 0) is 56.9 Å². The van der Waals surface area contributed by atoms with Crippen LogP contribution in [0.4, 0.5) is 0 Å². The average molecular weight is 446 g/mol. The third kappa shape index (κ3) is 4.66. The summed E-state index contributed by atoms with van der Waals surface area (Å²) in [6, 6.07) is 5.96. The first-order chi connectivity index (χ1) is 14.1. The number of fused-ring (bicyclic) bond motifs is 1. The minimum absolute atomic E-state index is 0.00984. The van der Waals surface area contributed by atoms with Crippen molar-refractivity contribution in [3.63, 3.8) is 0 Å². The number of nitrogens with zero attached hydrogens (tertiary/aromatic N) is 2. The molecule has 0 unspecified atom stereocenters. The van der Waals surface area contributed by atoms with Crippen LogP contribution in [0.1, 0.15) is 30.3 Å². The summed E-state index contributed by atoms with van der Waals surface area (Å²) in [6.07, 6.45) is 2.37. The average Bonchev–Trinajstić information content (AvgIpc) is 3.11. The van der Waals surface area contributed by atoms with Crippen LogP contribution in [0.5, 0.6) is 0 Å². The maximum absolute atomic E-state index is 12.1. The van der Waals surface area contributed by atoms with Gasteiger partial charge in [0.15, 0.2) is 9.84 Å². The molecule has 3 rings (SSSR count). The molecule has 2 aromatic rings. The predicted octanol–water partition coefficient (Wildman–Crippen LogP) is 1.60. The minimum Gasteiger partial charge on any atom is -0.293 e. The predicted molar refractivity (Wildman–Crippen MR) is 117 cm³/mol. The zero-order valence-electron chi connectivity index (χ0n) is 17.0. The normalized spacial score (nSPS) is 18.3. The van der Waals surface area contributed by atoms with Crippen LogP contribution in [0.3, 0.4) is 0 Å². The Kier molecular flexibility index (Phi) is 6.49. The van der Waals surface area contributed by atoms with E-state index >= 15 is 0 Å². The van der Waals surface area contributed by atoms with Crippen molar-refractivity contribution in [3.05, 3.63) is 28.8 Å². The highest BCUT2D eigenvalue weighted by Gasteiger charge is 2.43. The van der Waals surface area contributed by atoms with E-state index in [2.05, 4.69) is 33.6 Å². The largest absolute Gasteiger partial charge is 0.293 e. The van der Waals surface area contributed by atoms with Gasteiger partial charge in [0.25, 0.3) is 5.91 Å². The molecule has 2 atom stereocenters. The number of aromatic nitrogens is 1. The number of sulfone groups is 1. The summed E-state index contributed by atoms with van der Waals surface area (Å²) in [6.45, 7) is 2.38. The quantitative estimate of drug-likeness (QED) is 0.412. The summed E-state index contributed by atoms with van der Waals surface area (Å²) in [5, 5.41) is 9.63. The molecule has 0 spiro atoms. The number of nitrogens with one attached hydrogen (secondary N) is 1. The van der Waals surface area contributed by atoms with E-state index in [4.69, 9.17) is 5.21 Å². The zero-order valence-corrected chi connectivity index (χ0v) is 18.7. The number of benzene rings is 1. The number of amides is 1. The first-order valence-electron chi connectivity index (χ1n) is 9.39. The Bertz CT molecular complexity index is 1200. The van der Waals surface area contributed by atoms with Crippen LogP contribution in [-0.4, -0.2) is 60.1 Å². The summed E-state index contributed by atoms with van der Waals surface area (Å²) >= 11 is 1.43. The van der Waals surface area contributed by atoms with Crippen molar-refractivity contribution < 1.29 is 18.4 Å². The smallest absolute Gasteiger partial charge is 0.264 e. The van der Waals surface area contributed by atoms with Gasteiger partial charge in [0, 0.05) is 24.8 Å². The molecular weight excluding hydrogens is 422 g/mol. The topological polar surface area (TPSA) is 99.6 Å². The summed E-state index contributed by atoms with van der Waals surface area (Å²) in [5.41, 5.74) is 3.08. The van der Waals surface area contributed by atoms with Gasteiger partial charge in [-0.2, -0.15) is 0 Å². The molecule has 30 heavy (non-hydrogen) atoms. The molecule has 1 aliphatic rings. The monoisotopic (exact) mass is 445 g/mol. The van der Waals surface area contributed by atoms with Crippen molar-refractivity contribution in [1.82, 2.24) is 15.4 Å². The Morgan fingerprint density at radius 3 is 2.80 bits per heavy atom. The molecule has 1 fully saturated rings. The van der Waals surface area contributed by atoms with Crippen molar-refractivity contribution in [1.29, 1.82) is 0 Å². The zero-order chi connectivity index (χ0) is 21.9. The molecule has 1 aliphatic heterocycles. The van der Waals surface area contributed by atoms with Gasteiger partial charge in [-0.25, -0.2) is 18.9 Å². The van der Waals surface area contributed by atoms with E-state index in [0.29, 0.717) is 11.0 Å². The maximum Gasteiger partial charge on any atom is 0.264 e. The summed E-state index contributed by atoms with van der Waals surface area (Å²) in [7, 11) is -1.69. The molecule has 0 aliphatic carbocycles. The van der Waals surface area contributed by atoms with Gasteiger partial charge in [-0.3, -0.25) is 14.9 Å². The van der Waals surface area contributed by atoms with Crippen LogP contribution in [-0.2, 0) is 21.1 Å². The van der Waals surface area contributed by atoms with Gasteiger partial charge >= 0.3 is 0 Å². The highest BCUT2D eigenvalue weighted by molar-refractivity contribution is 7.92. The first kappa shape index (κ1) is 22.3. The van der Waals surface area contributed by atoms with Crippen molar-refractivity contribution in [2.75, 3.05) is 19.8 Å². The number of thiazole rings is 1. The summed E-state index contributed by atoms with van der Waals surface area (Å²) in [4.78, 5) is 18.6. The van der Waals surface area contributed by atoms with Crippen LogP contribution in [0.15, 0.2) is 18.2 Å². The highest BCUT2D eigenvalue weighted by atomic mass is 32.2. The molecule has 1 amide bonds. The maximum atomic E-state index is 12.1. The second-order valence-electron chi connectivity index (χ2n) is 7.54. The molecule has 158 valence electrons. The standard InChI is InChI=1S/C21H23N3O4S2/c1-21(20(25)23-26,30(3,27)28)12-10-19-22-17-9-8-15(14-18(17)29-19)6-4-5-7-16-11-13-24(16)2/h8-9,14,16,26H,10-13H2,1-3H3,(H,23,25)/t16-,21-/m1/s1. The lowest BCUT2D eigenvalue weighted by Gasteiger charge is -2.33. The van der Waals surface area contributed by atoms with Crippen LogP contribution in [0.2, 0.25) is 0 Å². The molecule has 0 bridgehead atoms. The van der Waals surface area contributed by atoms with Gasteiger partial charge in [0.1, 0.15) is 4.75 Å². The number of aryl methyl sites for hydroxylation is 1. The SMILES string of the molecule is CN1CC[C@H]1C#CC#Cc1ccc2nc(CC[C@](C)(C(=O)NO)S(C)(=O)=O)sc2c1. The highest BCUT2D eigenvalue weighted by Crippen LogP contribution is 2.28. The minimum atomic E-state index is -3.73. The Balaban J connectivity index is 1.74. The Morgan fingerprint density at radius 1 is 1.43 bits per heavy atom. The van der Waals surface area contributed by atoms with Crippen molar-refractivity contribution in [2.45, 2.75) is 37.0 Å². The van der Waals surface area contributed by atoms with E-state index in [-0.39, 0.29) is 12.8 Å². The van der Waals surface area contributed by atoms with E-state index < -0.39 is 20.5 Å². The third-order valence-corrected chi connectivity index (χ3v) is 8.55. The number of likely N-dealkylation sites (tertiary alicyclic amines) is 1. The van der Waals surface area contributed by atoms with Crippen LogP contribution in [0.25, 0.3) is 10.2 Å². The van der Waals surface area contributed by atoms with Crippen LogP contribution < -0.4 is 5.48 Å². The van der Waals surface area contributed by atoms with Crippen molar-refractivity contribution in [2.24, 2.45) is 0 Å². The molecule has 2 heterocycles. The lowest BCUT2D eigenvalue weighted by atomic mass is 10.0. The molecule has 1 aromatic carbocycles. The van der Waals surface area contributed by atoms with Crippen molar-refractivity contribution in [3.8, 4) is 23.7 Å². The number of hydroxylamine groups is 1. The second-order valence-corrected chi connectivity index (χ2v) is 11.1. The van der Waals surface area contributed by atoms with Gasteiger partial charge in [0.2, 0.25) is 0 Å². The molecule has 1 saturated heterocycles. The fraction of sp³-hybridized carbons (Fsp3) is 0.429. The lowest BCUT2D eigenvalue weighted by Crippen LogP contribution is -2.49. The number of rotatable bonds is 5. The molecule has 2 N–H and O–H groups in total. The van der Waals surface area contributed by atoms with Crippen molar-refractivity contribution >= 4 is 37.3 Å². The third-order valence-electron chi connectivity index (χ3n) is 5.44. The molecular formula is C21H23N3O4S2. The number of hydrogen-bond donors (Lipinski definition) is 2. The van der Waals surface area contributed by atoms with Gasteiger partial charge < -0.3 is 0 Å². The van der Waals surface area contributed by atoms with Gasteiger partial charge in [-0.15, -0.1) is 11.3 Å². The van der Waals surface area contributed by atoms with Gasteiger partial charge in [0.05, 0.1) is 21.3 Å². The van der Waals surface area contributed by atoms with E-state index in [9.17, 15) is 13.2 Å². The fourth-order valence-electron chi connectivity index (χ4n) is 3.01. The second kappa shape index (κ2) is 8.75. The lowest BCUT2D eigenvalue weighted by molar-refractivity contribution is -0.131. The molecule has 0 radical (unpaired) electrons. The Labute approximate surface area is 180 Å². The van der Waals surface area contributed by atoms with Crippen LogP contribution >= 0.6 is 11.3 Å². The Hall–Kier alpha value is -2.43. The van der Waals surface area contributed by atoms with E-state index in [1.54, 1.807) is 0 Å². The van der Waals surface area contributed by atoms with Crippen LogP contribution in [0, 0.1) is 23.7 Å². The summed E-state index contributed by atoms with van der Waals surface area (Å²) in [5.74, 6) is 11.0. The number of hydrogen-bond acceptors (Lipinski definition) is 7. The molecule has 1 aromatic heterocycles. The fourth-order valence-corrected chi connectivity index (χ4v) is 4.87. The number of carbonyl (C=O) groups excluding carboxylic acids is 1. The van der Waals surface area contributed by atoms with E-state index in [1.165, 1.54) is 23.7 Å². The molecule has 0 saturated carbocycles. The summed E-state index contributed by atoms with van der Waals surface area (Å²) < 4.78 is 23.4. The molecule has 9 heteroatoms. The first-order valence-corrected chi connectivity index (χ1v) is 12.1. The number of carbonyl (C=O) groups is 1. The Morgan fingerprint density at radius 2 is 2.20 bits per heavy atom. The van der Waals surface area contributed by atoms with Gasteiger partial charge in [-0.1, -0.05) is 11.8 Å². The molecule has 7 nitrogen and oxygen atoms in total.